The molecule has 0 radical (unpaired) electrons. The van der Waals surface area contributed by atoms with E-state index in [9.17, 15) is 0 Å². The Kier molecular flexibility index (Phi) is 9.90. The average Bonchev–Trinajstić information content (AvgIpc) is 3.23. The molecule has 0 aliphatic rings. The average molecular weight is 711 g/mol. The predicted octanol–water partition coefficient (Wildman–Crippen LogP) is 14.2. The van der Waals surface area contributed by atoms with E-state index >= 15 is 0 Å². The van der Waals surface area contributed by atoms with E-state index in [2.05, 4.69) is 244 Å². The lowest BCUT2D eigenvalue weighted by Gasteiger charge is -2.37. The Morgan fingerprint density at radius 1 is 0.236 bits per heavy atom. The summed E-state index contributed by atoms with van der Waals surface area (Å²) >= 11 is 0. The van der Waals surface area contributed by atoms with Gasteiger partial charge in [0.15, 0.2) is 0 Å². The zero-order chi connectivity index (χ0) is 37.8. The SMILES string of the molecule is Cc1ccc(N(c2ccc(C)cc2)c2ccc(C(c3ccccc3)(c3ccccc3)c3ccc(N(c4ccc(C)cc4)c4ccc(C)cc4)cc3)cc2)cc1. The van der Waals surface area contributed by atoms with E-state index in [1.807, 2.05) is 0 Å². The fourth-order valence-corrected chi connectivity index (χ4v) is 7.77. The Morgan fingerprint density at radius 2 is 0.436 bits per heavy atom. The number of rotatable bonds is 10. The zero-order valence-corrected chi connectivity index (χ0v) is 32.0. The number of benzene rings is 8. The Morgan fingerprint density at radius 3 is 0.673 bits per heavy atom. The van der Waals surface area contributed by atoms with Gasteiger partial charge in [-0.3, -0.25) is 0 Å². The van der Waals surface area contributed by atoms with Gasteiger partial charge >= 0.3 is 0 Å². The maximum Gasteiger partial charge on any atom is 0.0701 e. The maximum absolute atomic E-state index is 2.34. The van der Waals surface area contributed by atoms with Gasteiger partial charge in [-0.05, 0) is 123 Å². The van der Waals surface area contributed by atoms with Crippen LogP contribution in [0.1, 0.15) is 44.5 Å². The van der Waals surface area contributed by atoms with Crippen LogP contribution in [0.15, 0.2) is 206 Å². The summed E-state index contributed by atoms with van der Waals surface area (Å²) in [6, 6.07) is 75.4. The highest BCUT2D eigenvalue weighted by molar-refractivity contribution is 5.79. The van der Waals surface area contributed by atoms with E-state index in [0.717, 1.165) is 34.1 Å². The number of hydrogen-bond donors (Lipinski definition) is 0. The van der Waals surface area contributed by atoms with Gasteiger partial charge in [0.25, 0.3) is 0 Å². The van der Waals surface area contributed by atoms with Crippen molar-refractivity contribution in [1.29, 1.82) is 0 Å². The molecule has 0 aromatic heterocycles. The molecule has 2 heteroatoms. The van der Waals surface area contributed by atoms with E-state index in [1.54, 1.807) is 0 Å². The van der Waals surface area contributed by atoms with Crippen molar-refractivity contribution >= 4 is 34.1 Å². The molecule has 0 unspecified atom stereocenters. The summed E-state index contributed by atoms with van der Waals surface area (Å²) in [5, 5.41) is 0. The van der Waals surface area contributed by atoms with Crippen molar-refractivity contribution in [3.8, 4) is 0 Å². The van der Waals surface area contributed by atoms with Gasteiger partial charge < -0.3 is 9.80 Å². The van der Waals surface area contributed by atoms with E-state index < -0.39 is 5.41 Å². The van der Waals surface area contributed by atoms with Gasteiger partial charge in [0, 0.05) is 34.1 Å². The second-order valence-corrected chi connectivity index (χ2v) is 14.6. The molecule has 0 aliphatic heterocycles. The quantitative estimate of drug-likeness (QED) is 0.130. The van der Waals surface area contributed by atoms with Crippen LogP contribution in [-0.4, -0.2) is 0 Å². The molecule has 0 bridgehead atoms. The van der Waals surface area contributed by atoms with Gasteiger partial charge in [0.1, 0.15) is 0 Å². The lowest BCUT2D eigenvalue weighted by atomic mass is 9.65. The van der Waals surface area contributed by atoms with Crippen LogP contribution in [0, 0.1) is 27.7 Å². The van der Waals surface area contributed by atoms with Crippen LogP contribution in [0.4, 0.5) is 34.1 Å². The van der Waals surface area contributed by atoms with Crippen molar-refractivity contribution in [3.05, 3.63) is 251 Å². The Hall–Kier alpha value is -6.64. The van der Waals surface area contributed by atoms with E-state index in [1.165, 1.54) is 44.5 Å². The molecular formula is C53H46N2. The highest BCUT2D eigenvalue weighted by atomic mass is 15.1. The van der Waals surface area contributed by atoms with Crippen LogP contribution < -0.4 is 9.80 Å². The van der Waals surface area contributed by atoms with Gasteiger partial charge in [-0.1, -0.05) is 156 Å². The van der Waals surface area contributed by atoms with Crippen LogP contribution in [0.3, 0.4) is 0 Å². The molecule has 55 heavy (non-hydrogen) atoms. The normalized spacial score (nSPS) is 11.3. The molecule has 0 amide bonds. The van der Waals surface area contributed by atoms with Crippen LogP contribution in [-0.2, 0) is 5.41 Å². The highest BCUT2D eigenvalue weighted by Crippen LogP contribution is 2.47. The Labute approximate surface area is 326 Å². The molecule has 0 saturated carbocycles. The monoisotopic (exact) mass is 710 g/mol. The molecule has 8 aromatic carbocycles. The molecule has 268 valence electrons. The lowest BCUT2D eigenvalue weighted by molar-refractivity contribution is 0.745. The smallest absolute Gasteiger partial charge is 0.0701 e. The second kappa shape index (κ2) is 15.4. The van der Waals surface area contributed by atoms with E-state index in [-0.39, 0.29) is 0 Å². The molecule has 0 N–H and O–H groups in total. The lowest BCUT2D eigenvalue weighted by Crippen LogP contribution is -2.31. The fraction of sp³-hybridized carbons (Fsp3) is 0.0943. The minimum absolute atomic E-state index is 0.587. The van der Waals surface area contributed by atoms with Crippen molar-refractivity contribution in [1.82, 2.24) is 0 Å². The first-order valence-electron chi connectivity index (χ1n) is 19.1. The van der Waals surface area contributed by atoms with Crippen molar-refractivity contribution in [2.75, 3.05) is 9.80 Å². The molecule has 8 aromatic rings. The fourth-order valence-electron chi connectivity index (χ4n) is 7.77. The standard InChI is InChI=1S/C53H46N2/c1-39-15-27-47(28-16-39)54(48-29-17-40(2)18-30-48)51-35-23-45(24-36-51)53(43-11-7-5-8-12-43,44-13-9-6-10-14-44)46-25-37-52(38-26-46)55(49-31-19-41(3)20-32-49)50-33-21-42(4)22-34-50/h5-38H,1-4H3. The number of anilines is 6. The third kappa shape index (κ3) is 7.07. The van der Waals surface area contributed by atoms with Crippen molar-refractivity contribution in [3.63, 3.8) is 0 Å². The van der Waals surface area contributed by atoms with Gasteiger partial charge in [0.05, 0.1) is 5.41 Å². The first-order valence-corrected chi connectivity index (χ1v) is 19.1. The summed E-state index contributed by atoms with van der Waals surface area (Å²) in [4.78, 5) is 4.68. The third-order valence-electron chi connectivity index (χ3n) is 10.7. The summed E-state index contributed by atoms with van der Waals surface area (Å²) in [5.41, 5.74) is 15.9. The Bertz CT molecular complexity index is 2180. The first-order chi connectivity index (χ1) is 26.9. The first kappa shape index (κ1) is 35.4. The predicted molar refractivity (Wildman–Crippen MR) is 233 cm³/mol. The number of aryl methyl sites for hydroxylation is 4. The molecular weight excluding hydrogens is 665 g/mol. The molecule has 8 rings (SSSR count). The molecule has 0 fully saturated rings. The van der Waals surface area contributed by atoms with Gasteiger partial charge in [0.2, 0.25) is 0 Å². The summed E-state index contributed by atoms with van der Waals surface area (Å²) < 4.78 is 0. The molecule has 0 aliphatic carbocycles. The summed E-state index contributed by atoms with van der Waals surface area (Å²) in [7, 11) is 0. The minimum atomic E-state index is -0.587. The topological polar surface area (TPSA) is 6.48 Å². The molecule has 2 nitrogen and oxygen atoms in total. The summed E-state index contributed by atoms with van der Waals surface area (Å²) in [5.74, 6) is 0. The molecule has 0 saturated heterocycles. The van der Waals surface area contributed by atoms with Crippen molar-refractivity contribution < 1.29 is 0 Å². The van der Waals surface area contributed by atoms with Gasteiger partial charge in [-0.2, -0.15) is 0 Å². The number of nitrogens with zero attached hydrogens (tertiary/aromatic N) is 2. The summed E-state index contributed by atoms with van der Waals surface area (Å²) in [6.45, 7) is 8.54. The van der Waals surface area contributed by atoms with Crippen molar-refractivity contribution in [2.24, 2.45) is 0 Å². The van der Waals surface area contributed by atoms with Crippen molar-refractivity contribution in [2.45, 2.75) is 33.1 Å². The zero-order valence-electron chi connectivity index (χ0n) is 32.0. The minimum Gasteiger partial charge on any atom is -0.311 e. The number of hydrogen-bond acceptors (Lipinski definition) is 2. The van der Waals surface area contributed by atoms with Gasteiger partial charge in [-0.15, -0.1) is 0 Å². The van der Waals surface area contributed by atoms with Crippen LogP contribution >= 0.6 is 0 Å². The van der Waals surface area contributed by atoms with Crippen LogP contribution in [0.2, 0.25) is 0 Å². The third-order valence-corrected chi connectivity index (χ3v) is 10.7. The molecule has 0 atom stereocenters. The van der Waals surface area contributed by atoms with E-state index in [4.69, 9.17) is 0 Å². The molecule has 0 spiro atoms. The van der Waals surface area contributed by atoms with Crippen LogP contribution in [0.5, 0.6) is 0 Å². The Balaban J connectivity index is 1.29. The second-order valence-electron chi connectivity index (χ2n) is 14.6. The maximum atomic E-state index is 2.34. The summed E-state index contributed by atoms with van der Waals surface area (Å²) in [6.07, 6.45) is 0. The van der Waals surface area contributed by atoms with Crippen LogP contribution in [0.25, 0.3) is 0 Å². The largest absolute Gasteiger partial charge is 0.311 e. The molecule has 0 heterocycles. The van der Waals surface area contributed by atoms with E-state index in [0.29, 0.717) is 0 Å². The highest BCUT2D eigenvalue weighted by Gasteiger charge is 2.38. The van der Waals surface area contributed by atoms with Gasteiger partial charge in [-0.25, -0.2) is 0 Å².